The fraction of sp³-hybridized carbons (Fsp3) is 0.217. The molecule has 0 fully saturated rings. The third kappa shape index (κ3) is 4.16. The van der Waals surface area contributed by atoms with Crippen LogP contribution in [0.25, 0.3) is 10.9 Å². The minimum absolute atomic E-state index is 0.116. The number of aryl methyl sites for hydroxylation is 2. The zero-order valence-electron chi connectivity index (χ0n) is 16.6. The molecule has 1 amide bonds. The Kier molecular flexibility index (Phi) is 5.33. The lowest BCUT2D eigenvalue weighted by atomic mass is 10.1. The molecular formula is C23H24N4O2. The summed E-state index contributed by atoms with van der Waals surface area (Å²) in [7, 11) is 1.76. The summed E-state index contributed by atoms with van der Waals surface area (Å²) in [6.45, 7) is 3.14. The zero-order valence-corrected chi connectivity index (χ0v) is 16.6. The molecule has 4 aromatic rings. The minimum atomic E-state index is -0.116. The lowest BCUT2D eigenvalue weighted by Gasteiger charge is -2.08. The molecule has 6 heteroatoms. The van der Waals surface area contributed by atoms with Gasteiger partial charge in [0.2, 0.25) is 0 Å². The van der Waals surface area contributed by atoms with Crippen molar-refractivity contribution in [2.45, 2.75) is 20.0 Å². The molecule has 4 rings (SSSR count). The molecule has 2 heterocycles. The number of hydrogen-bond acceptors (Lipinski definition) is 3. The van der Waals surface area contributed by atoms with E-state index < -0.39 is 0 Å². The van der Waals surface area contributed by atoms with Gasteiger partial charge in [-0.15, -0.1) is 0 Å². The van der Waals surface area contributed by atoms with Crippen molar-refractivity contribution in [3.63, 3.8) is 0 Å². The third-order valence-corrected chi connectivity index (χ3v) is 5.05. The molecule has 0 saturated carbocycles. The van der Waals surface area contributed by atoms with Crippen molar-refractivity contribution in [3.05, 3.63) is 83.3 Å². The smallest absolute Gasteiger partial charge is 0.269 e. The van der Waals surface area contributed by atoms with Crippen LogP contribution in [-0.2, 0) is 20.1 Å². The van der Waals surface area contributed by atoms with Gasteiger partial charge in [0.1, 0.15) is 18.1 Å². The highest BCUT2D eigenvalue weighted by Gasteiger charge is 2.12. The van der Waals surface area contributed by atoms with E-state index >= 15 is 0 Å². The molecule has 2 aromatic heterocycles. The number of nitrogens with zero attached hydrogens (tertiary/aromatic N) is 2. The maximum Gasteiger partial charge on any atom is 0.269 e. The van der Waals surface area contributed by atoms with Gasteiger partial charge in [-0.3, -0.25) is 9.48 Å². The normalized spacial score (nSPS) is 11.0. The molecule has 0 aliphatic heterocycles. The molecule has 0 radical (unpaired) electrons. The van der Waals surface area contributed by atoms with Crippen molar-refractivity contribution >= 4 is 16.8 Å². The van der Waals surface area contributed by atoms with Crippen LogP contribution in [0.3, 0.4) is 0 Å². The Bertz CT molecular complexity index is 1130. The summed E-state index contributed by atoms with van der Waals surface area (Å²) in [5.41, 5.74) is 5.06. The predicted octanol–water partition coefficient (Wildman–Crippen LogP) is 3.76. The van der Waals surface area contributed by atoms with Crippen LogP contribution in [0.1, 0.15) is 27.3 Å². The van der Waals surface area contributed by atoms with Gasteiger partial charge in [0.15, 0.2) is 0 Å². The van der Waals surface area contributed by atoms with Gasteiger partial charge < -0.3 is 15.0 Å². The summed E-state index contributed by atoms with van der Waals surface area (Å²) in [4.78, 5) is 15.7. The van der Waals surface area contributed by atoms with Crippen LogP contribution in [0.5, 0.6) is 5.75 Å². The first-order valence-corrected chi connectivity index (χ1v) is 9.66. The number of rotatable bonds is 7. The van der Waals surface area contributed by atoms with Gasteiger partial charge in [-0.2, -0.15) is 5.10 Å². The molecule has 0 spiro atoms. The van der Waals surface area contributed by atoms with Crippen LogP contribution in [0, 0.1) is 6.92 Å². The van der Waals surface area contributed by atoms with Gasteiger partial charge in [-0.1, -0.05) is 30.3 Å². The molecule has 0 unspecified atom stereocenters. The van der Waals surface area contributed by atoms with E-state index in [1.165, 1.54) is 5.56 Å². The number of H-pyrrole nitrogens is 1. The second-order valence-corrected chi connectivity index (χ2v) is 7.06. The summed E-state index contributed by atoms with van der Waals surface area (Å²) < 4.78 is 7.55. The quantitative estimate of drug-likeness (QED) is 0.506. The average molecular weight is 388 g/mol. The van der Waals surface area contributed by atoms with Gasteiger partial charge >= 0.3 is 0 Å². The molecule has 148 valence electrons. The minimum Gasteiger partial charge on any atom is -0.489 e. The summed E-state index contributed by atoms with van der Waals surface area (Å²) in [6.07, 6.45) is 2.35. The number of aromatic nitrogens is 3. The van der Waals surface area contributed by atoms with Crippen LogP contribution in [0.15, 0.2) is 60.8 Å². The van der Waals surface area contributed by atoms with Crippen LogP contribution >= 0.6 is 0 Å². The number of carbonyl (C=O) groups is 1. The highest BCUT2D eigenvalue weighted by Crippen LogP contribution is 2.27. The molecular weight excluding hydrogens is 364 g/mol. The Balaban J connectivity index is 1.45. The number of fused-ring (bicyclic) bond motifs is 1. The van der Waals surface area contributed by atoms with Crippen LogP contribution in [0.4, 0.5) is 0 Å². The maximum atomic E-state index is 12.3. The van der Waals surface area contributed by atoms with Crippen molar-refractivity contribution in [2.24, 2.45) is 7.05 Å². The molecule has 0 bridgehead atoms. The fourth-order valence-corrected chi connectivity index (χ4v) is 3.50. The van der Waals surface area contributed by atoms with Crippen molar-refractivity contribution in [1.82, 2.24) is 20.1 Å². The number of amides is 1. The van der Waals surface area contributed by atoms with Crippen LogP contribution in [0.2, 0.25) is 0 Å². The fourth-order valence-electron chi connectivity index (χ4n) is 3.50. The van der Waals surface area contributed by atoms with Crippen LogP contribution in [-0.4, -0.2) is 27.2 Å². The number of nitrogens with one attached hydrogen (secondary N) is 2. The average Bonchev–Trinajstić information content (AvgIpc) is 3.30. The Morgan fingerprint density at radius 3 is 2.76 bits per heavy atom. The first-order chi connectivity index (χ1) is 14.1. The predicted molar refractivity (Wildman–Crippen MR) is 113 cm³/mol. The van der Waals surface area contributed by atoms with Gasteiger partial charge in [-0.05, 0) is 48.7 Å². The second kappa shape index (κ2) is 8.22. The third-order valence-electron chi connectivity index (χ3n) is 5.05. The highest BCUT2D eigenvalue weighted by atomic mass is 16.5. The number of carbonyl (C=O) groups excluding carboxylic acids is 1. The van der Waals surface area contributed by atoms with E-state index in [2.05, 4.69) is 40.5 Å². The van der Waals surface area contributed by atoms with Gasteiger partial charge in [0.05, 0.1) is 0 Å². The molecule has 2 N–H and O–H groups in total. The summed E-state index contributed by atoms with van der Waals surface area (Å²) in [5.74, 6) is 0.718. The standard InChI is InChI=1S/C23H24N4O2/c1-16-19(10-12-24-23(28)22-11-13-25-27(22)2)20-14-18(8-9-21(20)26-16)29-15-17-6-4-3-5-7-17/h3-9,11,13-14,26H,10,12,15H2,1-2H3,(H,24,28). The molecule has 0 aliphatic carbocycles. The molecule has 0 saturated heterocycles. The lowest BCUT2D eigenvalue weighted by Crippen LogP contribution is -2.27. The van der Waals surface area contributed by atoms with Crippen molar-refractivity contribution in [2.75, 3.05) is 6.54 Å². The van der Waals surface area contributed by atoms with E-state index in [1.54, 1.807) is 24.0 Å². The molecule has 29 heavy (non-hydrogen) atoms. The number of aromatic amines is 1. The van der Waals surface area contributed by atoms with Gasteiger partial charge in [0.25, 0.3) is 5.91 Å². The Morgan fingerprint density at radius 2 is 2.00 bits per heavy atom. The topological polar surface area (TPSA) is 71.9 Å². The van der Waals surface area contributed by atoms with Crippen molar-refractivity contribution in [1.29, 1.82) is 0 Å². The number of ether oxygens (including phenoxy) is 1. The number of benzene rings is 2. The van der Waals surface area contributed by atoms with E-state index in [-0.39, 0.29) is 5.91 Å². The van der Waals surface area contributed by atoms with E-state index in [9.17, 15) is 4.79 Å². The SMILES string of the molecule is Cc1[nH]c2ccc(OCc3ccccc3)cc2c1CCNC(=O)c1ccnn1C. The van der Waals surface area contributed by atoms with Crippen LogP contribution < -0.4 is 10.1 Å². The Morgan fingerprint density at radius 1 is 1.17 bits per heavy atom. The lowest BCUT2D eigenvalue weighted by molar-refractivity contribution is 0.0944. The zero-order chi connectivity index (χ0) is 20.2. The van der Waals surface area contributed by atoms with E-state index in [0.29, 0.717) is 18.8 Å². The highest BCUT2D eigenvalue weighted by molar-refractivity contribution is 5.92. The Labute approximate surface area is 169 Å². The monoisotopic (exact) mass is 388 g/mol. The molecule has 0 aliphatic rings. The summed E-state index contributed by atoms with van der Waals surface area (Å²) >= 11 is 0. The molecule has 0 atom stereocenters. The first kappa shape index (κ1) is 18.8. The number of hydrogen-bond donors (Lipinski definition) is 2. The van der Waals surface area contributed by atoms with Gasteiger partial charge in [0, 0.05) is 36.4 Å². The second-order valence-electron chi connectivity index (χ2n) is 7.06. The largest absolute Gasteiger partial charge is 0.489 e. The van der Waals surface area contributed by atoms with E-state index in [0.717, 1.165) is 34.3 Å². The molecule has 2 aromatic carbocycles. The van der Waals surface area contributed by atoms with Crippen molar-refractivity contribution in [3.8, 4) is 5.75 Å². The maximum absolute atomic E-state index is 12.3. The van der Waals surface area contributed by atoms with E-state index in [4.69, 9.17) is 4.74 Å². The first-order valence-electron chi connectivity index (χ1n) is 9.66. The van der Waals surface area contributed by atoms with Gasteiger partial charge in [-0.25, -0.2) is 0 Å². The summed E-state index contributed by atoms with van der Waals surface area (Å²) in [6, 6.07) is 17.9. The Hall–Kier alpha value is -3.54. The summed E-state index contributed by atoms with van der Waals surface area (Å²) in [5, 5.41) is 8.14. The van der Waals surface area contributed by atoms with Crippen molar-refractivity contribution < 1.29 is 9.53 Å². The van der Waals surface area contributed by atoms with E-state index in [1.807, 2.05) is 30.3 Å². The molecule has 6 nitrogen and oxygen atoms in total.